The number of ether oxygens (including phenoxy) is 2. The molecule has 2 atom stereocenters. The normalized spacial score (nSPS) is 22.5. The van der Waals surface area contributed by atoms with Gasteiger partial charge >= 0.3 is 0 Å². The number of benzene rings is 2. The number of nitrogens with zero attached hydrogens (tertiary/aromatic N) is 2. The molecular weight excluding hydrogens is 464 g/mol. The van der Waals surface area contributed by atoms with Crippen LogP contribution in [0.15, 0.2) is 58.0 Å². The van der Waals surface area contributed by atoms with Crippen LogP contribution in [0.2, 0.25) is 0 Å². The van der Waals surface area contributed by atoms with Crippen molar-refractivity contribution < 1.29 is 14.3 Å². The zero-order valence-electron chi connectivity index (χ0n) is 16.3. The van der Waals surface area contributed by atoms with E-state index in [1.807, 2.05) is 29.3 Å². The lowest BCUT2D eigenvalue weighted by atomic mass is 9.90. The molecule has 1 saturated heterocycles. The predicted octanol–water partition coefficient (Wildman–Crippen LogP) is 4.41. The van der Waals surface area contributed by atoms with E-state index in [0.29, 0.717) is 18.8 Å². The van der Waals surface area contributed by atoms with Gasteiger partial charge in [0.05, 0.1) is 17.7 Å². The average Bonchev–Trinajstić information content (AvgIpc) is 3.39. The van der Waals surface area contributed by atoms with Gasteiger partial charge in [-0.3, -0.25) is 9.79 Å². The average molecular weight is 485 g/mol. The molecule has 0 aliphatic carbocycles. The standard InChI is InChI=1S/C23H21BrN2O3S/c24-17-4-2-16(3-5-17)18-7-9-25-12-19(18)23-26(22(27)13-30-23)10-8-15-1-6-20-21(11-15)29-14-28-20/h1-7,11-12,19,23H,8-10,13-14H2. The molecule has 1 amide bonds. The molecule has 0 bridgehead atoms. The van der Waals surface area contributed by atoms with Gasteiger partial charge < -0.3 is 14.4 Å². The third-order valence-electron chi connectivity index (χ3n) is 5.61. The molecule has 3 aliphatic rings. The van der Waals surface area contributed by atoms with Gasteiger partial charge in [0.1, 0.15) is 0 Å². The summed E-state index contributed by atoms with van der Waals surface area (Å²) in [5, 5.41) is 0.0606. The van der Waals surface area contributed by atoms with Crippen LogP contribution in [0.25, 0.3) is 5.57 Å². The van der Waals surface area contributed by atoms with E-state index in [-0.39, 0.29) is 24.0 Å². The number of hydrogen-bond acceptors (Lipinski definition) is 5. The summed E-state index contributed by atoms with van der Waals surface area (Å²) in [6.45, 7) is 1.63. The van der Waals surface area contributed by atoms with Crippen molar-refractivity contribution in [1.82, 2.24) is 4.90 Å². The number of amides is 1. The fourth-order valence-corrected chi connectivity index (χ4v) is 5.66. The smallest absolute Gasteiger partial charge is 0.233 e. The van der Waals surface area contributed by atoms with Gasteiger partial charge in [-0.1, -0.05) is 40.2 Å². The monoisotopic (exact) mass is 484 g/mol. The Kier molecular flexibility index (Phi) is 5.56. The fourth-order valence-electron chi connectivity index (χ4n) is 4.09. The van der Waals surface area contributed by atoms with Crippen LogP contribution >= 0.6 is 27.7 Å². The quantitative estimate of drug-likeness (QED) is 0.630. The molecule has 2 aromatic carbocycles. The summed E-state index contributed by atoms with van der Waals surface area (Å²) in [5.74, 6) is 2.37. The second-order valence-electron chi connectivity index (χ2n) is 7.43. The van der Waals surface area contributed by atoms with Crippen LogP contribution in [0.1, 0.15) is 11.1 Å². The van der Waals surface area contributed by atoms with E-state index in [1.54, 1.807) is 11.8 Å². The number of thioether (sulfide) groups is 1. The lowest BCUT2D eigenvalue weighted by molar-refractivity contribution is -0.128. The maximum absolute atomic E-state index is 12.7. The highest BCUT2D eigenvalue weighted by Gasteiger charge is 2.38. The van der Waals surface area contributed by atoms with Crippen LogP contribution in [-0.4, -0.2) is 48.0 Å². The Morgan fingerprint density at radius 1 is 1.13 bits per heavy atom. The van der Waals surface area contributed by atoms with Crippen LogP contribution in [0.3, 0.4) is 0 Å². The highest BCUT2D eigenvalue weighted by Crippen LogP contribution is 2.39. The minimum absolute atomic E-state index is 0.0606. The van der Waals surface area contributed by atoms with Crippen molar-refractivity contribution in [2.45, 2.75) is 11.8 Å². The number of hydrogen-bond donors (Lipinski definition) is 0. The number of carbonyl (C=O) groups is 1. The first-order valence-corrected chi connectivity index (χ1v) is 11.8. The SMILES string of the molecule is O=C1CSC(C2C=NCC=C2c2ccc(Br)cc2)N1CCc1ccc2c(c1)OCO2. The van der Waals surface area contributed by atoms with Crippen molar-refractivity contribution in [3.05, 3.63) is 64.1 Å². The molecule has 5 rings (SSSR count). The van der Waals surface area contributed by atoms with E-state index in [1.165, 1.54) is 11.1 Å². The minimum Gasteiger partial charge on any atom is -0.454 e. The highest BCUT2D eigenvalue weighted by molar-refractivity contribution is 9.10. The highest BCUT2D eigenvalue weighted by atomic mass is 79.9. The number of dihydropyridines is 1. The Hall–Kier alpha value is -2.25. The largest absolute Gasteiger partial charge is 0.454 e. The Labute approximate surface area is 188 Å². The molecule has 2 unspecified atom stereocenters. The van der Waals surface area contributed by atoms with Gasteiger partial charge in [-0.05, 0) is 47.4 Å². The van der Waals surface area contributed by atoms with E-state index in [4.69, 9.17) is 9.47 Å². The summed E-state index contributed by atoms with van der Waals surface area (Å²) in [7, 11) is 0. The van der Waals surface area contributed by atoms with Crippen molar-refractivity contribution in [1.29, 1.82) is 0 Å². The molecule has 0 radical (unpaired) electrons. The molecule has 0 aromatic heterocycles. The van der Waals surface area contributed by atoms with Gasteiger partial charge in [0.15, 0.2) is 11.5 Å². The lowest BCUT2D eigenvalue weighted by Gasteiger charge is -2.32. The molecule has 0 spiro atoms. The molecule has 1 fully saturated rings. The zero-order valence-corrected chi connectivity index (χ0v) is 18.7. The third-order valence-corrected chi connectivity index (χ3v) is 7.44. The third kappa shape index (κ3) is 3.88. The van der Waals surface area contributed by atoms with Crippen LogP contribution in [0.4, 0.5) is 0 Å². The number of rotatable bonds is 5. The Bertz CT molecular complexity index is 1020. The predicted molar refractivity (Wildman–Crippen MR) is 123 cm³/mol. The number of halogens is 1. The molecule has 3 heterocycles. The molecule has 3 aliphatic heterocycles. The van der Waals surface area contributed by atoms with Gasteiger partial charge in [-0.25, -0.2) is 0 Å². The molecule has 0 N–H and O–H groups in total. The Morgan fingerprint density at radius 3 is 2.83 bits per heavy atom. The Morgan fingerprint density at radius 2 is 1.97 bits per heavy atom. The van der Waals surface area contributed by atoms with Gasteiger partial charge in [0, 0.05) is 23.1 Å². The van der Waals surface area contributed by atoms with Gasteiger partial charge in [-0.2, -0.15) is 0 Å². The summed E-state index contributed by atoms with van der Waals surface area (Å²) in [5.41, 5.74) is 3.58. The summed E-state index contributed by atoms with van der Waals surface area (Å²) >= 11 is 5.22. The molecular formula is C23H21BrN2O3S. The van der Waals surface area contributed by atoms with E-state index < -0.39 is 0 Å². The number of aliphatic imine (C=N–C) groups is 1. The summed E-state index contributed by atoms with van der Waals surface area (Å²) in [6.07, 6.45) is 5.00. The first-order chi connectivity index (χ1) is 14.7. The van der Waals surface area contributed by atoms with Crippen molar-refractivity contribution in [2.24, 2.45) is 10.9 Å². The first-order valence-electron chi connectivity index (χ1n) is 9.94. The Balaban J connectivity index is 1.34. The number of fused-ring (bicyclic) bond motifs is 1. The zero-order chi connectivity index (χ0) is 20.5. The van der Waals surface area contributed by atoms with Crippen molar-refractivity contribution in [3.63, 3.8) is 0 Å². The van der Waals surface area contributed by atoms with Crippen LogP contribution in [-0.2, 0) is 11.2 Å². The van der Waals surface area contributed by atoms with Crippen LogP contribution in [0.5, 0.6) is 11.5 Å². The van der Waals surface area contributed by atoms with Crippen LogP contribution < -0.4 is 9.47 Å². The summed E-state index contributed by atoms with van der Waals surface area (Å²) in [6, 6.07) is 14.4. The summed E-state index contributed by atoms with van der Waals surface area (Å²) in [4.78, 5) is 19.3. The topological polar surface area (TPSA) is 51.1 Å². The maximum atomic E-state index is 12.7. The molecule has 2 aromatic rings. The maximum Gasteiger partial charge on any atom is 0.233 e. The molecule has 7 heteroatoms. The van der Waals surface area contributed by atoms with E-state index in [2.05, 4.69) is 51.3 Å². The lowest BCUT2D eigenvalue weighted by Crippen LogP contribution is -2.40. The van der Waals surface area contributed by atoms with Crippen molar-refractivity contribution in [3.8, 4) is 11.5 Å². The van der Waals surface area contributed by atoms with Gasteiger partial charge in [0.25, 0.3) is 0 Å². The summed E-state index contributed by atoms with van der Waals surface area (Å²) < 4.78 is 11.9. The molecule has 0 saturated carbocycles. The van der Waals surface area contributed by atoms with E-state index in [9.17, 15) is 4.79 Å². The number of carbonyl (C=O) groups excluding carboxylic acids is 1. The fraction of sp³-hybridized carbons (Fsp3) is 0.304. The second kappa shape index (κ2) is 8.47. The van der Waals surface area contributed by atoms with Crippen molar-refractivity contribution >= 4 is 45.4 Å². The van der Waals surface area contributed by atoms with Crippen molar-refractivity contribution in [2.75, 3.05) is 25.6 Å². The molecule has 30 heavy (non-hydrogen) atoms. The van der Waals surface area contributed by atoms with Gasteiger partial charge in [-0.15, -0.1) is 11.8 Å². The minimum atomic E-state index is 0.0606. The first kappa shape index (κ1) is 19.7. The van der Waals surface area contributed by atoms with E-state index >= 15 is 0 Å². The van der Waals surface area contributed by atoms with E-state index in [0.717, 1.165) is 28.0 Å². The van der Waals surface area contributed by atoms with Gasteiger partial charge in [0.2, 0.25) is 12.7 Å². The van der Waals surface area contributed by atoms with Crippen LogP contribution in [0, 0.1) is 5.92 Å². The molecule has 154 valence electrons. The second-order valence-corrected chi connectivity index (χ2v) is 9.45. The molecule has 5 nitrogen and oxygen atoms in total.